The van der Waals surface area contributed by atoms with Gasteiger partial charge in [0.05, 0.1) is 113 Å². The highest BCUT2D eigenvalue weighted by Crippen LogP contribution is 2.32. The zero-order chi connectivity index (χ0) is 76.8. The van der Waals surface area contributed by atoms with Crippen molar-refractivity contribution in [2.45, 2.75) is 162 Å². The molecular formula is C64H82N10O20S8. The first-order valence-corrected chi connectivity index (χ1v) is 37.5. The van der Waals surface area contributed by atoms with Crippen LogP contribution in [0.15, 0.2) is 16.9 Å². The molecule has 0 unspecified atom stereocenters. The van der Waals surface area contributed by atoms with Crippen LogP contribution in [0, 0.1) is 61.3 Å². The van der Waals surface area contributed by atoms with Crippen LogP contribution in [0.5, 0.6) is 29.4 Å². The van der Waals surface area contributed by atoms with E-state index in [1.54, 1.807) is 46.0 Å². The number of ether oxygens (including phenoxy) is 5. The van der Waals surface area contributed by atoms with Crippen LogP contribution in [0.4, 0.5) is 0 Å². The van der Waals surface area contributed by atoms with Gasteiger partial charge in [-0.1, -0.05) is 51.5 Å². The largest absolute Gasteiger partial charge is 0.507 e. The lowest BCUT2D eigenvalue weighted by Crippen LogP contribution is -2.08. The van der Waals surface area contributed by atoms with E-state index in [4.69, 9.17) is 49.2 Å². The number of aliphatic hydroxyl groups is 1. The van der Waals surface area contributed by atoms with Crippen molar-refractivity contribution in [1.82, 2.24) is 39.9 Å². The quantitative estimate of drug-likeness (QED) is 0.0271. The fourth-order valence-electron chi connectivity index (χ4n) is 7.86. The van der Waals surface area contributed by atoms with E-state index in [9.17, 15) is 38.7 Å². The average molecular weight is 1570 g/mol. The van der Waals surface area contributed by atoms with Crippen LogP contribution in [-0.4, -0.2) is 157 Å². The number of methoxy groups -OCH3 is 1. The van der Waals surface area contributed by atoms with Crippen molar-refractivity contribution in [3.05, 3.63) is 103 Å². The zero-order valence-corrected chi connectivity index (χ0v) is 65.9. The molecule has 6 N–H and O–H groups in total. The summed E-state index contributed by atoms with van der Waals surface area (Å²) in [6.07, 6.45) is 3.70. The van der Waals surface area contributed by atoms with Gasteiger partial charge in [0.25, 0.3) is 0 Å². The highest BCUT2D eigenvalue weighted by atomic mass is 32.1. The highest BCUT2D eigenvalue weighted by molar-refractivity contribution is 7.16. The highest BCUT2D eigenvalue weighted by Gasteiger charge is 2.27. The molecule has 10 rings (SSSR count). The molecule has 8 aromatic rings. The fraction of sp³-hybridized carbons (Fsp3) is 0.453. The van der Waals surface area contributed by atoms with Crippen LogP contribution in [-0.2, 0) is 38.5 Å². The van der Waals surface area contributed by atoms with Crippen molar-refractivity contribution in [3.63, 3.8) is 0 Å². The second-order valence-electron chi connectivity index (χ2n) is 21.1. The Morgan fingerprint density at radius 3 is 1.17 bits per heavy atom. The van der Waals surface area contributed by atoms with E-state index in [1.165, 1.54) is 41.1 Å². The molecule has 38 heteroatoms. The summed E-state index contributed by atoms with van der Waals surface area (Å²) in [7, 11) is 1.40. The molecule has 0 fully saturated rings. The molecule has 30 nitrogen and oxygen atoms in total. The third-order valence-electron chi connectivity index (χ3n) is 11.6. The summed E-state index contributed by atoms with van der Waals surface area (Å²) in [6, 6.07) is 0. The van der Waals surface area contributed by atoms with Crippen LogP contribution in [0.1, 0.15) is 202 Å². The number of rotatable bonds is 22. The number of thiazole rings is 8. The third kappa shape index (κ3) is 28.6. The first-order chi connectivity index (χ1) is 48.0. The number of carbonyl (C=O) groups excluding carboxylic acids is 2. The molecule has 2 aliphatic rings. The second-order valence-corrected chi connectivity index (χ2v) is 30.7. The van der Waals surface area contributed by atoms with Gasteiger partial charge in [-0.15, -0.1) is 90.7 Å². The predicted molar refractivity (Wildman–Crippen MR) is 393 cm³/mol. The van der Waals surface area contributed by atoms with Gasteiger partial charge in [-0.2, -0.15) is 0 Å². The Labute approximate surface area is 620 Å². The second kappa shape index (κ2) is 43.2. The van der Waals surface area contributed by atoms with Crippen molar-refractivity contribution < 1.29 is 97.6 Å². The number of oxime groups is 2. The number of carbonyl (C=O) groups is 7. The molecule has 2 aliphatic heterocycles. The molecule has 0 bridgehead atoms. The molecule has 0 spiro atoms. The van der Waals surface area contributed by atoms with E-state index in [0.717, 1.165) is 116 Å². The monoisotopic (exact) mass is 1570 g/mol. The molecule has 0 aliphatic carbocycles. The number of carboxylic acids is 5. The molecule has 0 saturated heterocycles. The van der Waals surface area contributed by atoms with E-state index < -0.39 is 29.8 Å². The molecule has 0 radical (unpaired) electrons. The van der Waals surface area contributed by atoms with Gasteiger partial charge in [0.2, 0.25) is 29.4 Å². The van der Waals surface area contributed by atoms with Crippen molar-refractivity contribution >= 4 is 150 Å². The van der Waals surface area contributed by atoms with E-state index in [-0.39, 0.29) is 79.7 Å². The minimum atomic E-state index is -0.993. The first kappa shape index (κ1) is 87.4. The molecule has 8 aromatic heterocycles. The zero-order valence-electron chi connectivity index (χ0n) is 59.4. The molecule has 0 aromatic carbocycles. The summed E-state index contributed by atoms with van der Waals surface area (Å²) in [5.74, 6) is -3.29. The topological polar surface area (TPSA) is 433 Å². The predicted octanol–water partition coefficient (Wildman–Crippen LogP) is 14.6. The van der Waals surface area contributed by atoms with Gasteiger partial charge in [0, 0.05) is 0 Å². The molecule has 10 heterocycles. The number of hydrogen-bond donors (Lipinski definition) is 6. The Bertz CT molecular complexity index is 4080. The summed E-state index contributed by atoms with van der Waals surface area (Å²) in [5.41, 5.74) is 4.00. The Hall–Kier alpha value is -8.79. The minimum absolute atomic E-state index is 0.0559. The van der Waals surface area contributed by atoms with Crippen LogP contribution < -0.4 is 23.7 Å². The number of carboxylic acid groups (broad SMARTS) is 5. The van der Waals surface area contributed by atoms with E-state index in [0.29, 0.717) is 74.4 Å². The molecule has 102 heavy (non-hydrogen) atoms. The van der Waals surface area contributed by atoms with Gasteiger partial charge in [0.15, 0.2) is 19.5 Å². The summed E-state index contributed by atoms with van der Waals surface area (Å²) in [4.78, 5) is 120. The van der Waals surface area contributed by atoms with Gasteiger partial charge in [0.1, 0.15) is 26.9 Å². The Morgan fingerprint density at radius 2 is 0.784 bits per heavy atom. The lowest BCUT2D eigenvalue weighted by molar-refractivity contribution is -0.140. The van der Waals surface area contributed by atoms with E-state index in [2.05, 4.69) is 80.3 Å². The lowest BCUT2D eigenvalue weighted by Gasteiger charge is -2.06. The number of aryl methyl sites for hydroxylation is 10. The summed E-state index contributed by atoms with van der Waals surface area (Å²) in [5, 5.41) is 66.8. The SMILES string of the molecule is C=C(O)c1sc(C)nc1CC(C)C.CCCOc1nc(C)sc1C(=O)O.CCOc1nc(C)sc1C(=O)O.CCOc1nc(C)sc1C1=NOC(=O)C1.CCc1nc(C)sc1C(=O)O.CCc1nc(C)sc1C1=NOC(=O)C1.COc1nc(C)sc1C(=O)O.Cc1nc(OC(C)C)c(C(=O)O)s1. The Kier molecular flexibility index (Phi) is 37.1. The third-order valence-corrected chi connectivity index (χ3v) is 19.5. The standard InChI is InChI=1S/C10H15NOS.C9H10N2O3S.C9H10N2O2S.2C8H11NO3S.C7H9NO3S.C7H9NO2S.C6H7NO3S/c1-6(2)5-9-10(7(3)12)13-8(4)11-9;1-3-13-9-8(15-5(2)10-9)6-4-7(12)14-11-6;1-3-6-9(14-5(2)10-6)7-4-8(12)13-11-7;1-4(2)12-7-6(8(10)11)13-5(3)9-7;1-3-4-12-7-6(8(10)11)13-5(2)9-7;1-3-11-6-5(7(9)10)12-4(2)8-6;1-3-5-6(7(9)10)11-4(2)8-5;1-3-7-5(10-2)4(11-3)6(8)9/h6,12H,3,5H2,1-2,4H3;3-4H2,1-2H3;3-4H2,1-2H3;4H,1-3H3,(H,10,11);3-4H2,1-2H3,(H,10,11);3H2,1-2H3,(H,9,10);3H2,1-2H3,(H,9,10);1-2H3,(H,8,9). The van der Waals surface area contributed by atoms with Crippen LogP contribution in [0.3, 0.4) is 0 Å². The molecule has 0 atom stereocenters. The van der Waals surface area contributed by atoms with E-state index >= 15 is 0 Å². The molecule has 0 saturated carbocycles. The van der Waals surface area contributed by atoms with Gasteiger partial charge in [-0.05, 0) is 115 Å². The van der Waals surface area contributed by atoms with Gasteiger partial charge in [-0.3, -0.25) is 0 Å². The van der Waals surface area contributed by atoms with Crippen molar-refractivity contribution in [2.24, 2.45) is 16.2 Å². The number of nitrogens with zero attached hydrogens (tertiary/aromatic N) is 10. The lowest BCUT2D eigenvalue weighted by atomic mass is 10.1. The summed E-state index contributed by atoms with van der Waals surface area (Å²) >= 11 is 10.3. The fourth-order valence-corrected chi connectivity index (χ4v) is 14.2. The summed E-state index contributed by atoms with van der Waals surface area (Å²) in [6.45, 7) is 37.1. The Morgan fingerprint density at radius 1 is 0.441 bits per heavy atom. The first-order valence-electron chi connectivity index (χ1n) is 30.9. The summed E-state index contributed by atoms with van der Waals surface area (Å²) < 4.78 is 25.6. The maximum Gasteiger partial charge on any atom is 0.351 e. The molecule has 556 valence electrons. The molecular weight excluding hydrogens is 1490 g/mol. The maximum atomic E-state index is 10.9. The van der Waals surface area contributed by atoms with Gasteiger partial charge >= 0.3 is 41.8 Å². The Balaban J connectivity index is 0.000000304. The van der Waals surface area contributed by atoms with Crippen molar-refractivity contribution in [2.75, 3.05) is 26.9 Å². The number of aromatic carboxylic acids is 5. The van der Waals surface area contributed by atoms with Crippen LogP contribution in [0.25, 0.3) is 5.76 Å². The normalized spacial score (nSPS) is 11.6. The van der Waals surface area contributed by atoms with Gasteiger partial charge < -0.3 is 64.0 Å². The average Bonchev–Trinajstić information content (AvgIpc) is 1.69. The smallest absolute Gasteiger partial charge is 0.351 e. The van der Waals surface area contributed by atoms with Gasteiger partial charge in [-0.25, -0.2) is 73.4 Å². The van der Waals surface area contributed by atoms with Crippen LogP contribution >= 0.6 is 90.7 Å². The maximum absolute atomic E-state index is 10.9. The van der Waals surface area contributed by atoms with E-state index in [1.807, 2.05) is 69.2 Å². The van der Waals surface area contributed by atoms with Crippen molar-refractivity contribution in [3.8, 4) is 29.4 Å². The van der Waals surface area contributed by atoms with Crippen molar-refractivity contribution in [1.29, 1.82) is 0 Å². The molecule has 0 amide bonds. The van der Waals surface area contributed by atoms with Crippen LogP contribution in [0.2, 0.25) is 0 Å². The number of aromatic nitrogens is 8. The number of hydrogen-bond acceptors (Lipinski definition) is 33. The minimum Gasteiger partial charge on any atom is -0.507 e. The number of aliphatic hydroxyl groups excluding tert-OH is 1.